The van der Waals surface area contributed by atoms with Crippen LogP contribution in [-0.4, -0.2) is 18.5 Å². The molecule has 0 saturated carbocycles. The summed E-state index contributed by atoms with van der Waals surface area (Å²) in [5, 5.41) is 2.89. The van der Waals surface area contributed by atoms with Gasteiger partial charge in [0.05, 0.1) is 17.9 Å². The highest BCUT2D eigenvalue weighted by Gasteiger charge is 2.18. The number of carbonyl (C=O) groups excluding carboxylic acids is 2. The van der Waals surface area contributed by atoms with Crippen LogP contribution < -0.4 is 5.32 Å². The van der Waals surface area contributed by atoms with E-state index in [9.17, 15) is 9.59 Å². The van der Waals surface area contributed by atoms with Gasteiger partial charge in [-0.3, -0.25) is 9.59 Å². The minimum Gasteiger partial charge on any atom is -0.466 e. The lowest BCUT2D eigenvalue weighted by Gasteiger charge is -2.04. The second-order valence-corrected chi connectivity index (χ2v) is 7.74. The van der Waals surface area contributed by atoms with Crippen molar-refractivity contribution in [3.63, 3.8) is 0 Å². The molecule has 0 spiro atoms. The summed E-state index contributed by atoms with van der Waals surface area (Å²) in [6.45, 7) is 2.11. The summed E-state index contributed by atoms with van der Waals surface area (Å²) >= 11 is 4.75. The molecule has 6 heteroatoms. The van der Waals surface area contributed by atoms with E-state index < -0.39 is 0 Å². The Balaban J connectivity index is 1.89. The van der Waals surface area contributed by atoms with Gasteiger partial charge in [-0.05, 0) is 48.4 Å². The van der Waals surface area contributed by atoms with Gasteiger partial charge in [0.25, 0.3) is 5.91 Å². The minimum atomic E-state index is -0.299. The molecule has 0 fully saturated rings. The van der Waals surface area contributed by atoms with Gasteiger partial charge >= 0.3 is 5.97 Å². The van der Waals surface area contributed by atoms with Crippen LogP contribution in [0.25, 0.3) is 10.4 Å². The van der Waals surface area contributed by atoms with Gasteiger partial charge in [-0.15, -0.1) is 11.3 Å². The highest BCUT2D eigenvalue weighted by molar-refractivity contribution is 9.10. The Kier molecular flexibility index (Phi) is 6.42. The van der Waals surface area contributed by atoms with E-state index in [0.717, 1.165) is 20.5 Å². The second kappa shape index (κ2) is 8.97. The summed E-state index contributed by atoms with van der Waals surface area (Å²) in [5.41, 5.74) is 2.49. The molecule has 0 aliphatic heterocycles. The molecule has 27 heavy (non-hydrogen) atoms. The first-order valence-corrected chi connectivity index (χ1v) is 10.1. The number of halogens is 1. The molecule has 1 aromatic heterocycles. The zero-order valence-electron chi connectivity index (χ0n) is 14.7. The number of hydrogen-bond donors (Lipinski definition) is 1. The third-order valence-corrected chi connectivity index (χ3v) is 5.56. The highest BCUT2D eigenvalue weighted by Crippen LogP contribution is 2.34. The number of esters is 1. The molecule has 0 aliphatic rings. The molecule has 0 unspecified atom stereocenters. The quantitative estimate of drug-likeness (QED) is 0.509. The lowest BCUT2D eigenvalue weighted by Crippen LogP contribution is -2.10. The van der Waals surface area contributed by atoms with Crippen molar-refractivity contribution in [1.82, 2.24) is 0 Å². The van der Waals surface area contributed by atoms with Gasteiger partial charge in [0, 0.05) is 15.0 Å². The van der Waals surface area contributed by atoms with Crippen LogP contribution in [0.1, 0.15) is 22.2 Å². The Labute approximate surface area is 170 Å². The lowest BCUT2D eigenvalue weighted by molar-refractivity contribution is -0.142. The number of amides is 1. The summed E-state index contributed by atoms with van der Waals surface area (Å²) in [6.07, 6.45) is 0.139. The van der Waals surface area contributed by atoms with E-state index in [4.69, 9.17) is 4.74 Å². The number of benzene rings is 2. The number of thiophene rings is 1. The van der Waals surface area contributed by atoms with Crippen molar-refractivity contribution in [2.75, 3.05) is 11.9 Å². The molecular weight excluding hydrogens is 426 g/mol. The molecule has 0 atom stereocenters. The van der Waals surface area contributed by atoms with Crippen molar-refractivity contribution < 1.29 is 14.3 Å². The van der Waals surface area contributed by atoms with Crippen molar-refractivity contribution in [1.29, 1.82) is 0 Å². The number of hydrogen-bond acceptors (Lipinski definition) is 4. The van der Waals surface area contributed by atoms with Crippen LogP contribution in [0.4, 0.5) is 5.69 Å². The van der Waals surface area contributed by atoms with Crippen molar-refractivity contribution in [2.45, 2.75) is 13.3 Å². The molecule has 0 aliphatic carbocycles. The van der Waals surface area contributed by atoms with E-state index in [2.05, 4.69) is 21.2 Å². The van der Waals surface area contributed by atoms with E-state index in [1.165, 1.54) is 11.3 Å². The third-order valence-electron chi connectivity index (χ3n) is 3.81. The number of anilines is 1. The first kappa shape index (κ1) is 19.3. The molecule has 1 N–H and O–H groups in total. The van der Waals surface area contributed by atoms with Crippen molar-refractivity contribution in [3.05, 3.63) is 75.6 Å². The van der Waals surface area contributed by atoms with Gasteiger partial charge < -0.3 is 10.1 Å². The number of rotatable bonds is 6. The standard InChI is InChI=1S/C21H18BrNO3S/c1-2-26-19(24)13-15-12-18(27-20(15)14-6-4-3-5-7-14)21(25)23-17-10-8-16(22)9-11-17/h3-12H,2,13H2,1H3,(H,23,25). The summed E-state index contributed by atoms with van der Waals surface area (Å²) in [4.78, 5) is 26.1. The average molecular weight is 444 g/mol. The maximum Gasteiger partial charge on any atom is 0.310 e. The Hall–Kier alpha value is -2.44. The Bertz CT molecular complexity index is 936. The Morgan fingerprint density at radius 1 is 1.07 bits per heavy atom. The molecule has 0 radical (unpaired) electrons. The Morgan fingerprint density at radius 3 is 2.44 bits per heavy atom. The summed E-state index contributed by atoms with van der Waals surface area (Å²) in [6, 6.07) is 18.9. The van der Waals surface area contributed by atoms with E-state index in [-0.39, 0.29) is 18.3 Å². The van der Waals surface area contributed by atoms with Crippen LogP contribution >= 0.6 is 27.3 Å². The fourth-order valence-electron chi connectivity index (χ4n) is 2.60. The first-order valence-electron chi connectivity index (χ1n) is 8.47. The van der Waals surface area contributed by atoms with Crippen LogP contribution in [-0.2, 0) is 16.0 Å². The molecule has 1 amide bonds. The topological polar surface area (TPSA) is 55.4 Å². The van der Waals surface area contributed by atoms with Gasteiger partial charge in [0.15, 0.2) is 0 Å². The molecule has 1 heterocycles. The Morgan fingerprint density at radius 2 is 1.78 bits per heavy atom. The molecule has 3 rings (SSSR count). The zero-order valence-corrected chi connectivity index (χ0v) is 17.1. The van der Waals surface area contributed by atoms with Crippen LogP contribution in [0.5, 0.6) is 0 Å². The largest absolute Gasteiger partial charge is 0.466 e. The van der Waals surface area contributed by atoms with E-state index in [0.29, 0.717) is 17.2 Å². The molecule has 138 valence electrons. The fraction of sp³-hybridized carbons (Fsp3) is 0.143. The van der Waals surface area contributed by atoms with Gasteiger partial charge in [-0.1, -0.05) is 46.3 Å². The lowest BCUT2D eigenvalue weighted by atomic mass is 10.1. The summed E-state index contributed by atoms with van der Waals surface area (Å²) < 4.78 is 6.02. The van der Waals surface area contributed by atoms with Crippen LogP contribution in [0.15, 0.2) is 65.1 Å². The third kappa shape index (κ3) is 5.05. The summed E-state index contributed by atoms with van der Waals surface area (Å²) in [5.74, 6) is -0.498. The normalized spacial score (nSPS) is 10.4. The zero-order chi connectivity index (χ0) is 19.2. The maximum absolute atomic E-state index is 12.7. The second-order valence-electron chi connectivity index (χ2n) is 5.77. The molecular formula is C21H18BrNO3S. The molecule has 2 aromatic carbocycles. The molecule has 4 nitrogen and oxygen atoms in total. The van der Waals surface area contributed by atoms with Crippen molar-refractivity contribution in [2.24, 2.45) is 0 Å². The highest BCUT2D eigenvalue weighted by atomic mass is 79.9. The number of carbonyl (C=O) groups is 2. The first-order chi connectivity index (χ1) is 13.1. The van der Waals surface area contributed by atoms with E-state index >= 15 is 0 Å². The average Bonchev–Trinajstić information content (AvgIpc) is 3.08. The van der Waals surface area contributed by atoms with E-state index in [1.54, 1.807) is 13.0 Å². The maximum atomic E-state index is 12.7. The number of ether oxygens (including phenoxy) is 1. The van der Waals surface area contributed by atoms with Gasteiger partial charge in [-0.25, -0.2) is 0 Å². The van der Waals surface area contributed by atoms with Crippen LogP contribution in [0.3, 0.4) is 0 Å². The predicted octanol–water partition coefficient (Wildman–Crippen LogP) is 5.54. The van der Waals surface area contributed by atoms with Crippen LogP contribution in [0, 0.1) is 0 Å². The number of nitrogens with one attached hydrogen (secondary N) is 1. The van der Waals surface area contributed by atoms with E-state index in [1.807, 2.05) is 54.6 Å². The van der Waals surface area contributed by atoms with Crippen molar-refractivity contribution >= 4 is 44.8 Å². The smallest absolute Gasteiger partial charge is 0.310 e. The predicted molar refractivity (Wildman–Crippen MR) is 112 cm³/mol. The van der Waals surface area contributed by atoms with Crippen LogP contribution in [0.2, 0.25) is 0 Å². The van der Waals surface area contributed by atoms with Gasteiger partial charge in [-0.2, -0.15) is 0 Å². The molecule has 0 bridgehead atoms. The minimum absolute atomic E-state index is 0.139. The molecule has 3 aromatic rings. The monoisotopic (exact) mass is 443 g/mol. The fourth-order valence-corrected chi connectivity index (χ4v) is 3.94. The SMILES string of the molecule is CCOC(=O)Cc1cc(C(=O)Nc2ccc(Br)cc2)sc1-c1ccccc1. The molecule has 0 saturated heterocycles. The van der Waals surface area contributed by atoms with Gasteiger partial charge in [0.1, 0.15) is 0 Å². The summed E-state index contributed by atoms with van der Waals surface area (Å²) in [7, 11) is 0. The van der Waals surface area contributed by atoms with Gasteiger partial charge in [0.2, 0.25) is 0 Å². The van der Waals surface area contributed by atoms with Crippen molar-refractivity contribution in [3.8, 4) is 10.4 Å².